The van der Waals surface area contributed by atoms with E-state index in [1.807, 2.05) is 0 Å². The summed E-state index contributed by atoms with van der Waals surface area (Å²) in [6.45, 7) is 6.95. The van der Waals surface area contributed by atoms with Crippen LogP contribution in [0.25, 0.3) is 0 Å². The molecule has 1 N–H and O–H groups in total. The molecule has 1 aliphatic heterocycles. The van der Waals surface area contributed by atoms with E-state index >= 15 is 0 Å². The van der Waals surface area contributed by atoms with Crippen molar-refractivity contribution in [1.29, 1.82) is 0 Å². The number of rotatable bonds is 4. The van der Waals surface area contributed by atoms with Gasteiger partial charge in [0.15, 0.2) is 12.3 Å². The quantitative estimate of drug-likeness (QED) is 0.620. The Morgan fingerprint density at radius 3 is 2.69 bits per heavy atom. The molecule has 0 bridgehead atoms. The lowest BCUT2D eigenvalue weighted by Gasteiger charge is -2.14. The third-order valence-corrected chi connectivity index (χ3v) is 4.03. The standard InChI is InChI=1S/C10H20IN2/c1-4-8-7-13(11)10(5-2)9(8)6-12-3/h8-9,12H,4-7H2,1-3H3/q+1. The molecule has 0 amide bonds. The van der Waals surface area contributed by atoms with Gasteiger partial charge >= 0.3 is 22.9 Å². The van der Waals surface area contributed by atoms with Crippen molar-refractivity contribution >= 4 is 28.6 Å². The molecule has 76 valence electrons. The van der Waals surface area contributed by atoms with Gasteiger partial charge in [-0.2, -0.15) is 2.79 Å². The predicted molar refractivity (Wildman–Crippen MR) is 65.6 cm³/mol. The highest BCUT2D eigenvalue weighted by Crippen LogP contribution is 2.26. The third kappa shape index (κ3) is 2.43. The second-order valence-electron chi connectivity index (χ2n) is 3.72. The second kappa shape index (κ2) is 5.29. The van der Waals surface area contributed by atoms with Crippen molar-refractivity contribution in [1.82, 2.24) is 5.32 Å². The minimum absolute atomic E-state index is 0.775. The molecule has 1 rings (SSSR count). The molecule has 0 saturated heterocycles. The topological polar surface area (TPSA) is 15.0 Å². The molecule has 3 heteroatoms. The fourth-order valence-electron chi connectivity index (χ4n) is 2.25. The van der Waals surface area contributed by atoms with E-state index in [1.54, 1.807) is 5.71 Å². The number of hydrogen-bond donors (Lipinski definition) is 1. The van der Waals surface area contributed by atoms with Crippen LogP contribution in [0.3, 0.4) is 0 Å². The van der Waals surface area contributed by atoms with E-state index < -0.39 is 0 Å². The molecule has 0 spiro atoms. The first kappa shape index (κ1) is 11.4. The molecule has 0 saturated carbocycles. The molecule has 0 aromatic heterocycles. The van der Waals surface area contributed by atoms with E-state index in [0.29, 0.717) is 0 Å². The summed E-state index contributed by atoms with van der Waals surface area (Å²) in [6.07, 6.45) is 2.50. The first-order valence-corrected chi connectivity index (χ1v) is 6.14. The highest BCUT2D eigenvalue weighted by molar-refractivity contribution is 14.1. The molecular weight excluding hydrogens is 275 g/mol. The van der Waals surface area contributed by atoms with Crippen LogP contribution < -0.4 is 5.32 Å². The Morgan fingerprint density at radius 2 is 2.23 bits per heavy atom. The third-order valence-electron chi connectivity index (χ3n) is 3.01. The molecule has 2 nitrogen and oxygen atoms in total. The van der Waals surface area contributed by atoms with Crippen molar-refractivity contribution in [2.45, 2.75) is 26.7 Å². The Bertz CT molecular complexity index is 201. The molecule has 0 aromatic carbocycles. The fraction of sp³-hybridized carbons (Fsp3) is 0.900. The Hall–Kier alpha value is 0.360. The molecule has 1 aliphatic rings. The normalized spacial score (nSPS) is 28.6. The van der Waals surface area contributed by atoms with Gasteiger partial charge in [-0.05, 0) is 13.5 Å². The molecule has 2 atom stereocenters. The summed E-state index contributed by atoms with van der Waals surface area (Å²) in [6, 6.07) is 0. The van der Waals surface area contributed by atoms with Crippen LogP contribution in [0, 0.1) is 11.8 Å². The van der Waals surface area contributed by atoms with Crippen molar-refractivity contribution in [3.05, 3.63) is 0 Å². The molecule has 1 heterocycles. The zero-order valence-electron chi connectivity index (χ0n) is 8.81. The van der Waals surface area contributed by atoms with Crippen LogP contribution in [-0.2, 0) is 0 Å². The summed E-state index contributed by atoms with van der Waals surface area (Å²) in [4.78, 5) is 0. The highest BCUT2D eigenvalue weighted by Gasteiger charge is 2.38. The van der Waals surface area contributed by atoms with Gasteiger partial charge in [-0.15, -0.1) is 0 Å². The lowest BCUT2D eigenvalue weighted by molar-refractivity contribution is -0.294. The lowest BCUT2D eigenvalue weighted by atomic mass is 9.88. The van der Waals surface area contributed by atoms with Crippen molar-refractivity contribution in [2.75, 3.05) is 20.1 Å². The van der Waals surface area contributed by atoms with Gasteiger partial charge in [-0.1, -0.05) is 13.8 Å². The summed E-state index contributed by atoms with van der Waals surface area (Å²) in [7, 11) is 2.05. The van der Waals surface area contributed by atoms with E-state index in [4.69, 9.17) is 0 Å². The molecule has 0 aromatic rings. The van der Waals surface area contributed by atoms with Crippen LogP contribution in [0.4, 0.5) is 0 Å². The van der Waals surface area contributed by atoms with E-state index in [0.717, 1.165) is 18.4 Å². The van der Waals surface area contributed by atoms with Gasteiger partial charge < -0.3 is 5.32 Å². The molecular formula is C10H20IN2+. The van der Waals surface area contributed by atoms with Gasteiger partial charge in [0.25, 0.3) is 0 Å². The largest absolute Gasteiger partial charge is 0.347 e. The summed E-state index contributed by atoms with van der Waals surface area (Å²) >= 11 is 2.46. The number of halogens is 1. The number of hydrogen-bond acceptors (Lipinski definition) is 1. The monoisotopic (exact) mass is 295 g/mol. The van der Waals surface area contributed by atoms with E-state index in [2.05, 4.69) is 51.9 Å². The van der Waals surface area contributed by atoms with Gasteiger partial charge in [0.05, 0.1) is 5.92 Å². The minimum Gasteiger partial charge on any atom is -0.319 e. The average molecular weight is 295 g/mol. The first-order chi connectivity index (χ1) is 6.24. The highest BCUT2D eigenvalue weighted by atomic mass is 127. The number of nitrogens with one attached hydrogen (secondary N) is 1. The zero-order valence-corrected chi connectivity index (χ0v) is 11.0. The Labute approximate surface area is 95.3 Å². The summed E-state index contributed by atoms with van der Waals surface area (Å²) in [5, 5.41) is 3.31. The first-order valence-electron chi connectivity index (χ1n) is 5.18. The molecule has 13 heavy (non-hydrogen) atoms. The van der Waals surface area contributed by atoms with Gasteiger partial charge in [0.2, 0.25) is 0 Å². The van der Waals surface area contributed by atoms with Crippen LogP contribution in [0.2, 0.25) is 0 Å². The maximum absolute atomic E-state index is 3.31. The fourth-order valence-corrected chi connectivity index (χ4v) is 3.46. The number of nitrogens with zero attached hydrogens (tertiary/aromatic N) is 1. The minimum atomic E-state index is 0.775. The van der Waals surface area contributed by atoms with Crippen LogP contribution in [-0.4, -0.2) is 28.6 Å². The Balaban J connectivity index is 2.71. The van der Waals surface area contributed by atoms with Crippen molar-refractivity contribution in [2.24, 2.45) is 11.8 Å². The lowest BCUT2D eigenvalue weighted by Crippen LogP contribution is -2.29. The van der Waals surface area contributed by atoms with Crippen LogP contribution in [0.5, 0.6) is 0 Å². The molecule has 2 unspecified atom stereocenters. The van der Waals surface area contributed by atoms with Gasteiger partial charge in [0, 0.05) is 18.9 Å². The molecule has 0 radical (unpaired) electrons. The predicted octanol–water partition coefficient (Wildman–Crippen LogP) is 2.08. The van der Waals surface area contributed by atoms with Crippen molar-refractivity contribution in [3.63, 3.8) is 0 Å². The zero-order chi connectivity index (χ0) is 9.84. The molecule has 0 fully saturated rings. The Kier molecular flexibility index (Phi) is 4.66. The van der Waals surface area contributed by atoms with Gasteiger partial charge in [-0.3, -0.25) is 0 Å². The van der Waals surface area contributed by atoms with E-state index in [-0.39, 0.29) is 0 Å². The van der Waals surface area contributed by atoms with Crippen molar-refractivity contribution in [3.8, 4) is 0 Å². The van der Waals surface area contributed by atoms with Crippen LogP contribution in [0.1, 0.15) is 26.7 Å². The Morgan fingerprint density at radius 1 is 1.54 bits per heavy atom. The maximum Gasteiger partial charge on any atom is 0.347 e. The molecule has 0 aliphatic carbocycles. The summed E-state index contributed by atoms with van der Waals surface area (Å²) in [5.41, 5.74) is 1.63. The average Bonchev–Trinajstić information content (AvgIpc) is 2.43. The maximum atomic E-state index is 3.31. The van der Waals surface area contributed by atoms with Crippen molar-refractivity contribution < 1.29 is 2.79 Å². The summed E-state index contributed by atoms with van der Waals surface area (Å²) in [5.74, 6) is 1.64. The van der Waals surface area contributed by atoms with E-state index in [1.165, 1.54) is 19.4 Å². The summed E-state index contributed by atoms with van der Waals surface area (Å²) < 4.78 is 2.42. The smallest absolute Gasteiger partial charge is 0.319 e. The van der Waals surface area contributed by atoms with Crippen LogP contribution >= 0.6 is 22.9 Å². The van der Waals surface area contributed by atoms with Crippen LogP contribution in [0.15, 0.2) is 0 Å². The van der Waals surface area contributed by atoms with Gasteiger partial charge in [0.1, 0.15) is 0 Å². The van der Waals surface area contributed by atoms with E-state index in [9.17, 15) is 0 Å². The second-order valence-corrected chi connectivity index (χ2v) is 4.89. The van der Waals surface area contributed by atoms with Gasteiger partial charge in [-0.25, -0.2) is 0 Å². The SMILES string of the molecule is CCC1=[N+](I)CC(CC)C1CNC.